The summed E-state index contributed by atoms with van der Waals surface area (Å²) >= 11 is 0. The zero-order valence-corrected chi connectivity index (χ0v) is 28.8. The average Bonchev–Trinajstić information content (AvgIpc) is 3.77. The highest BCUT2D eigenvalue weighted by Crippen LogP contribution is 2.50. The molecule has 3 saturated heterocycles. The molecule has 2 aromatic heterocycles. The van der Waals surface area contributed by atoms with Gasteiger partial charge in [-0.2, -0.15) is 9.97 Å². The Morgan fingerprint density at radius 2 is 1.98 bits per heavy atom. The van der Waals surface area contributed by atoms with Crippen molar-refractivity contribution in [3.8, 4) is 41.2 Å². The van der Waals surface area contributed by atoms with E-state index in [-0.39, 0.29) is 59.8 Å². The molecule has 6 heterocycles. The largest absolute Gasteiger partial charge is 0.472 e. The first-order chi connectivity index (χ1) is 24.8. The Bertz CT molecular complexity index is 2090. The summed E-state index contributed by atoms with van der Waals surface area (Å²) in [6.07, 6.45) is 10.8. The van der Waals surface area contributed by atoms with E-state index in [1.165, 1.54) is 13.2 Å². The van der Waals surface area contributed by atoms with E-state index in [0.29, 0.717) is 58.9 Å². The number of nitrogens with zero attached hydrogens (tertiary/aromatic N) is 5. The number of terminal acetylenes is 1. The minimum atomic E-state index is -0.923. The number of hydrogen-bond donors (Lipinski definition) is 0. The second-order valence-electron chi connectivity index (χ2n) is 14.8. The normalized spacial score (nSPS) is 28.0. The van der Waals surface area contributed by atoms with Gasteiger partial charge in [0.05, 0.1) is 17.1 Å². The fraction of sp³-hybridized carbons (Fsp3) is 0.513. The third kappa shape index (κ3) is 5.18. The lowest BCUT2D eigenvalue weighted by atomic mass is 9.86. The molecule has 266 valence electrons. The Morgan fingerprint density at radius 1 is 1.10 bits per heavy atom. The number of anilines is 1. The molecule has 12 heteroatoms. The summed E-state index contributed by atoms with van der Waals surface area (Å²) in [6, 6.07) is 6.16. The van der Waals surface area contributed by atoms with Crippen LogP contribution < -0.4 is 19.1 Å². The standard InChI is InChI=1S/C39H40F3N5O4/c1-4-26-28(41)10-9-22-14-25(50-20-48-3)15-27(30(22)26)33-32(42)34-31-36(45-38(44-34)49-19-39-11-6-12-46(39)18-24(40)16-39)47-17-21-7-8-23(13-21)35(47)29(5-2)51-37(31)43-33/h1,9-10,14-15,21,23-24,29,35H,5-8,11-13,16-20H2,2-3H3/t21-,23+,24+,29-,35-,39-/m0/s1. The Labute approximate surface area is 294 Å². The third-order valence-corrected chi connectivity index (χ3v) is 11.9. The summed E-state index contributed by atoms with van der Waals surface area (Å²) in [7, 11) is 1.50. The molecule has 4 aliphatic heterocycles. The Morgan fingerprint density at radius 3 is 2.80 bits per heavy atom. The van der Waals surface area contributed by atoms with E-state index in [1.54, 1.807) is 18.2 Å². The van der Waals surface area contributed by atoms with Gasteiger partial charge in [-0.3, -0.25) is 4.90 Å². The maximum Gasteiger partial charge on any atom is 0.319 e. The van der Waals surface area contributed by atoms with E-state index >= 15 is 8.78 Å². The van der Waals surface area contributed by atoms with Crippen LogP contribution >= 0.6 is 0 Å². The van der Waals surface area contributed by atoms with Crippen LogP contribution in [0.4, 0.5) is 19.0 Å². The lowest BCUT2D eigenvalue weighted by Crippen LogP contribution is -2.53. The average molecular weight is 700 g/mol. The van der Waals surface area contributed by atoms with Gasteiger partial charge in [0.15, 0.2) is 12.6 Å². The maximum absolute atomic E-state index is 17.5. The highest BCUT2D eigenvalue weighted by molar-refractivity contribution is 6.04. The monoisotopic (exact) mass is 699 g/mol. The van der Waals surface area contributed by atoms with E-state index < -0.39 is 23.3 Å². The van der Waals surface area contributed by atoms with Crippen molar-refractivity contribution in [3.05, 3.63) is 41.5 Å². The number of fused-ring (bicyclic) bond motifs is 7. The van der Waals surface area contributed by atoms with Crippen molar-refractivity contribution in [1.29, 1.82) is 0 Å². The lowest BCUT2D eigenvalue weighted by Gasteiger charge is -2.43. The summed E-state index contributed by atoms with van der Waals surface area (Å²) in [5.74, 6) is 3.06. The fourth-order valence-corrected chi connectivity index (χ4v) is 9.75. The number of aromatic nitrogens is 3. The number of alkyl halides is 1. The fourth-order valence-electron chi connectivity index (χ4n) is 9.75. The molecule has 0 spiro atoms. The van der Waals surface area contributed by atoms with Gasteiger partial charge in [-0.1, -0.05) is 18.9 Å². The van der Waals surface area contributed by atoms with Gasteiger partial charge in [-0.05, 0) is 80.5 Å². The Hall–Kier alpha value is -4.34. The molecule has 6 atom stereocenters. The van der Waals surface area contributed by atoms with Crippen molar-refractivity contribution >= 4 is 27.5 Å². The molecule has 2 bridgehead atoms. The lowest BCUT2D eigenvalue weighted by molar-refractivity contribution is 0.0512. The number of piperidine rings is 1. The molecule has 1 aliphatic carbocycles. The Balaban J connectivity index is 1.27. The van der Waals surface area contributed by atoms with Crippen LogP contribution in [0.3, 0.4) is 0 Å². The van der Waals surface area contributed by atoms with E-state index in [2.05, 4.69) is 22.6 Å². The van der Waals surface area contributed by atoms with Crippen LogP contribution in [0.25, 0.3) is 32.9 Å². The van der Waals surface area contributed by atoms with Crippen LogP contribution in [0.1, 0.15) is 57.4 Å². The highest BCUT2D eigenvalue weighted by Gasteiger charge is 2.50. The predicted octanol–water partition coefficient (Wildman–Crippen LogP) is 6.82. The number of methoxy groups -OCH3 is 1. The molecular formula is C39H40F3N5O4. The molecule has 4 aromatic rings. The quantitative estimate of drug-likeness (QED) is 0.145. The summed E-state index contributed by atoms with van der Waals surface area (Å²) < 4.78 is 71.5. The van der Waals surface area contributed by atoms with Gasteiger partial charge in [0.25, 0.3) is 0 Å². The van der Waals surface area contributed by atoms with Crippen molar-refractivity contribution in [2.24, 2.45) is 11.8 Å². The van der Waals surface area contributed by atoms with Crippen molar-refractivity contribution in [2.45, 2.75) is 75.7 Å². The molecule has 9 nitrogen and oxygen atoms in total. The van der Waals surface area contributed by atoms with E-state index in [9.17, 15) is 4.39 Å². The molecule has 9 rings (SSSR count). The molecule has 0 amide bonds. The summed E-state index contributed by atoms with van der Waals surface area (Å²) in [6.45, 7) is 4.17. The van der Waals surface area contributed by atoms with Crippen LogP contribution in [-0.2, 0) is 4.74 Å². The van der Waals surface area contributed by atoms with Gasteiger partial charge >= 0.3 is 6.01 Å². The summed E-state index contributed by atoms with van der Waals surface area (Å²) in [5.41, 5.74) is -0.379. The maximum atomic E-state index is 17.5. The number of benzene rings is 2. The van der Waals surface area contributed by atoms with E-state index in [0.717, 1.165) is 45.2 Å². The molecule has 2 aromatic carbocycles. The molecule has 5 aliphatic rings. The van der Waals surface area contributed by atoms with Gasteiger partial charge < -0.3 is 23.8 Å². The molecular weight excluding hydrogens is 659 g/mol. The zero-order valence-electron chi connectivity index (χ0n) is 28.8. The van der Waals surface area contributed by atoms with Crippen LogP contribution in [0.2, 0.25) is 0 Å². The summed E-state index contributed by atoms with van der Waals surface area (Å²) in [4.78, 5) is 19.0. The van der Waals surface area contributed by atoms with Crippen molar-refractivity contribution in [1.82, 2.24) is 19.9 Å². The molecule has 1 saturated carbocycles. The van der Waals surface area contributed by atoms with Crippen molar-refractivity contribution in [3.63, 3.8) is 0 Å². The second-order valence-corrected chi connectivity index (χ2v) is 14.8. The summed E-state index contributed by atoms with van der Waals surface area (Å²) in [5, 5.41) is 1.22. The number of ether oxygens (including phenoxy) is 4. The smallest absolute Gasteiger partial charge is 0.319 e. The van der Waals surface area contributed by atoms with Gasteiger partial charge in [-0.25, -0.2) is 18.2 Å². The van der Waals surface area contributed by atoms with Crippen LogP contribution in [0.5, 0.6) is 17.6 Å². The topological polar surface area (TPSA) is 82.1 Å². The molecule has 0 radical (unpaired) electrons. The van der Waals surface area contributed by atoms with Crippen LogP contribution in [0.15, 0.2) is 24.3 Å². The molecule has 0 unspecified atom stereocenters. The zero-order chi connectivity index (χ0) is 35.0. The number of hydrogen-bond acceptors (Lipinski definition) is 9. The van der Waals surface area contributed by atoms with E-state index in [4.69, 9.17) is 40.3 Å². The predicted molar refractivity (Wildman–Crippen MR) is 186 cm³/mol. The SMILES string of the molecule is C#Cc1c(F)ccc2cc(OCOC)cc(-c3nc4c5c(nc(OC[C@@]67CCCN6C[C@H](F)C7)nc5c3F)N3C[C@H]5CC[C@H](C5)[C@H]3[C@H](CC)O4)c12. The van der Waals surface area contributed by atoms with E-state index in [1.807, 2.05) is 0 Å². The Kier molecular flexibility index (Phi) is 7.92. The minimum absolute atomic E-state index is 0.000183. The first-order valence-corrected chi connectivity index (χ1v) is 18.0. The van der Waals surface area contributed by atoms with Crippen LogP contribution in [-0.4, -0.2) is 83.9 Å². The molecule has 0 N–H and O–H groups in total. The second kappa shape index (κ2) is 12.4. The number of halogens is 3. The molecule has 51 heavy (non-hydrogen) atoms. The third-order valence-electron chi connectivity index (χ3n) is 11.9. The number of pyridine rings is 1. The van der Waals surface area contributed by atoms with Gasteiger partial charge in [0.2, 0.25) is 5.88 Å². The first-order valence-electron chi connectivity index (χ1n) is 18.0. The van der Waals surface area contributed by atoms with Crippen molar-refractivity contribution in [2.75, 3.05) is 45.0 Å². The van der Waals surface area contributed by atoms with Gasteiger partial charge in [0, 0.05) is 37.6 Å². The highest BCUT2D eigenvalue weighted by atomic mass is 19.1. The van der Waals surface area contributed by atoms with Crippen LogP contribution in [0, 0.1) is 35.8 Å². The molecule has 4 fully saturated rings. The minimum Gasteiger partial charge on any atom is -0.472 e. The first kappa shape index (κ1) is 32.6. The van der Waals surface area contributed by atoms with Gasteiger partial charge in [-0.15, -0.1) is 6.42 Å². The van der Waals surface area contributed by atoms with Crippen molar-refractivity contribution < 1.29 is 32.1 Å². The van der Waals surface area contributed by atoms with Gasteiger partial charge in [0.1, 0.15) is 52.9 Å². The number of rotatable bonds is 8.